The number of hydrogen-bond donors (Lipinski definition) is 0. The van der Waals surface area contributed by atoms with Crippen LogP contribution in [0.3, 0.4) is 0 Å². The highest BCUT2D eigenvalue weighted by molar-refractivity contribution is 5.77. The van der Waals surface area contributed by atoms with Crippen LogP contribution in [0.2, 0.25) is 0 Å². The van der Waals surface area contributed by atoms with Gasteiger partial charge in [0, 0.05) is 26.0 Å². The molecule has 0 spiro atoms. The van der Waals surface area contributed by atoms with Crippen LogP contribution in [0.25, 0.3) is 0 Å². The highest BCUT2D eigenvalue weighted by atomic mass is 16.5. The van der Waals surface area contributed by atoms with E-state index in [9.17, 15) is 4.79 Å². The molecule has 2 atom stereocenters. The van der Waals surface area contributed by atoms with Gasteiger partial charge < -0.3 is 14.1 Å². The molecule has 0 unspecified atom stereocenters. The zero-order chi connectivity index (χ0) is 14.7. The first-order valence-electron chi connectivity index (χ1n) is 8.27. The molecule has 1 amide bonds. The van der Waals surface area contributed by atoms with E-state index in [4.69, 9.17) is 9.15 Å². The third-order valence-electron chi connectivity index (χ3n) is 4.64. The van der Waals surface area contributed by atoms with Gasteiger partial charge in [-0.05, 0) is 44.2 Å². The van der Waals surface area contributed by atoms with Crippen LogP contribution in [0.5, 0.6) is 0 Å². The van der Waals surface area contributed by atoms with Gasteiger partial charge in [0.1, 0.15) is 11.5 Å². The van der Waals surface area contributed by atoms with Crippen molar-refractivity contribution in [1.29, 1.82) is 0 Å². The topological polar surface area (TPSA) is 42.7 Å². The van der Waals surface area contributed by atoms with Gasteiger partial charge in [-0.3, -0.25) is 4.79 Å². The lowest BCUT2D eigenvalue weighted by molar-refractivity contribution is -0.133. The summed E-state index contributed by atoms with van der Waals surface area (Å²) in [5, 5.41) is 0. The molecule has 4 heteroatoms. The Morgan fingerprint density at radius 3 is 2.95 bits per heavy atom. The zero-order valence-corrected chi connectivity index (χ0v) is 12.8. The quantitative estimate of drug-likeness (QED) is 0.834. The second-order valence-corrected chi connectivity index (χ2v) is 6.08. The molecular weight excluding hydrogens is 266 g/mol. The summed E-state index contributed by atoms with van der Waals surface area (Å²) < 4.78 is 11.5. The zero-order valence-electron chi connectivity index (χ0n) is 12.8. The molecule has 2 aliphatic heterocycles. The third kappa shape index (κ3) is 3.31. The van der Waals surface area contributed by atoms with Gasteiger partial charge in [0.2, 0.25) is 5.91 Å². The van der Waals surface area contributed by atoms with E-state index in [1.807, 2.05) is 17.0 Å². The molecule has 3 rings (SSSR count). The molecule has 116 valence electrons. The van der Waals surface area contributed by atoms with E-state index in [2.05, 4.69) is 6.92 Å². The lowest BCUT2D eigenvalue weighted by Gasteiger charge is -2.23. The summed E-state index contributed by atoms with van der Waals surface area (Å²) in [4.78, 5) is 14.5. The Morgan fingerprint density at radius 1 is 1.33 bits per heavy atom. The molecule has 2 saturated heterocycles. The summed E-state index contributed by atoms with van der Waals surface area (Å²) in [6.45, 7) is 3.80. The Labute approximate surface area is 126 Å². The second kappa shape index (κ2) is 6.65. The molecule has 0 aliphatic carbocycles. The highest BCUT2D eigenvalue weighted by Gasteiger charge is 2.32. The van der Waals surface area contributed by atoms with Gasteiger partial charge in [0.25, 0.3) is 0 Å². The van der Waals surface area contributed by atoms with Gasteiger partial charge >= 0.3 is 0 Å². The number of likely N-dealkylation sites (tertiary alicyclic amines) is 1. The molecule has 0 bridgehead atoms. The van der Waals surface area contributed by atoms with Crippen molar-refractivity contribution in [1.82, 2.24) is 4.90 Å². The predicted octanol–water partition coefficient (Wildman–Crippen LogP) is 3.46. The largest absolute Gasteiger partial charge is 0.464 e. The maximum Gasteiger partial charge on any atom is 0.223 e. The summed E-state index contributed by atoms with van der Waals surface area (Å²) in [6, 6.07) is 4.21. The Hall–Kier alpha value is -1.29. The summed E-state index contributed by atoms with van der Waals surface area (Å²) in [5.41, 5.74) is 0. The monoisotopic (exact) mass is 291 g/mol. The van der Waals surface area contributed by atoms with E-state index in [1.54, 1.807) is 0 Å². The van der Waals surface area contributed by atoms with Gasteiger partial charge in [-0.1, -0.05) is 6.92 Å². The smallest absolute Gasteiger partial charge is 0.223 e. The first-order chi connectivity index (χ1) is 10.3. The number of ether oxygens (including phenoxy) is 1. The summed E-state index contributed by atoms with van der Waals surface area (Å²) in [5.74, 6) is 2.21. The van der Waals surface area contributed by atoms with Gasteiger partial charge in [-0.15, -0.1) is 0 Å². The van der Waals surface area contributed by atoms with Crippen LogP contribution in [0.4, 0.5) is 0 Å². The van der Waals surface area contributed by atoms with Crippen molar-refractivity contribution in [2.45, 2.75) is 64.0 Å². The average Bonchev–Trinajstić information content (AvgIpc) is 3.23. The summed E-state index contributed by atoms with van der Waals surface area (Å²) in [6.07, 6.45) is 6.99. The van der Waals surface area contributed by atoms with Gasteiger partial charge in [-0.2, -0.15) is 0 Å². The number of rotatable bonds is 5. The minimum absolute atomic E-state index is 0.141. The fraction of sp³-hybridized carbons (Fsp3) is 0.706. The van der Waals surface area contributed by atoms with Crippen LogP contribution >= 0.6 is 0 Å². The second-order valence-electron chi connectivity index (χ2n) is 6.08. The molecule has 1 aromatic rings. The summed E-state index contributed by atoms with van der Waals surface area (Å²) >= 11 is 0. The van der Waals surface area contributed by atoms with Crippen molar-refractivity contribution in [3.05, 3.63) is 23.7 Å². The van der Waals surface area contributed by atoms with Crippen LogP contribution in [-0.4, -0.2) is 30.1 Å². The van der Waals surface area contributed by atoms with Crippen LogP contribution < -0.4 is 0 Å². The van der Waals surface area contributed by atoms with Crippen LogP contribution in [0.1, 0.15) is 63.0 Å². The number of carbonyl (C=O) groups is 1. The molecule has 4 nitrogen and oxygen atoms in total. The number of aryl methyl sites for hydroxylation is 1. The van der Waals surface area contributed by atoms with Crippen molar-refractivity contribution in [3.8, 4) is 0 Å². The van der Waals surface area contributed by atoms with E-state index in [1.165, 1.54) is 0 Å². The number of hydrogen-bond acceptors (Lipinski definition) is 3. The minimum Gasteiger partial charge on any atom is -0.464 e. The minimum atomic E-state index is 0.141. The maximum atomic E-state index is 12.5. The summed E-state index contributed by atoms with van der Waals surface area (Å²) in [7, 11) is 0. The molecule has 1 aromatic heterocycles. The molecular formula is C17H25NO3. The molecule has 3 heterocycles. The SMILES string of the molecule is CCc1ccc([C@H]2CCCN2C(=O)CC[C@H]2CCCO2)o1. The van der Waals surface area contributed by atoms with E-state index < -0.39 is 0 Å². The van der Waals surface area contributed by atoms with Crippen molar-refractivity contribution in [2.75, 3.05) is 13.2 Å². The average molecular weight is 291 g/mol. The highest BCUT2D eigenvalue weighted by Crippen LogP contribution is 2.34. The number of carbonyl (C=O) groups excluding carboxylic acids is 1. The van der Waals surface area contributed by atoms with E-state index in [0.29, 0.717) is 12.5 Å². The first kappa shape index (κ1) is 14.6. The molecule has 0 saturated carbocycles. The van der Waals surface area contributed by atoms with Crippen molar-refractivity contribution in [3.63, 3.8) is 0 Å². The van der Waals surface area contributed by atoms with Gasteiger partial charge in [0.15, 0.2) is 0 Å². The first-order valence-corrected chi connectivity index (χ1v) is 8.27. The Morgan fingerprint density at radius 2 is 2.24 bits per heavy atom. The molecule has 2 fully saturated rings. The molecule has 0 N–H and O–H groups in total. The number of amides is 1. The molecule has 21 heavy (non-hydrogen) atoms. The maximum absolute atomic E-state index is 12.5. The van der Waals surface area contributed by atoms with Crippen LogP contribution in [0.15, 0.2) is 16.5 Å². The predicted molar refractivity (Wildman–Crippen MR) is 80.0 cm³/mol. The number of furan rings is 1. The normalized spacial score (nSPS) is 25.7. The van der Waals surface area contributed by atoms with E-state index in [-0.39, 0.29) is 11.9 Å². The van der Waals surface area contributed by atoms with Crippen LogP contribution in [0, 0.1) is 0 Å². The Balaban J connectivity index is 1.58. The lowest BCUT2D eigenvalue weighted by Crippen LogP contribution is -2.30. The van der Waals surface area contributed by atoms with Gasteiger partial charge in [0.05, 0.1) is 12.1 Å². The fourth-order valence-corrected chi connectivity index (χ4v) is 3.42. The van der Waals surface area contributed by atoms with Crippen molar-refractivity contribution < 1.29 is 13.9 Å². The van der Waals surface area contributed by atoms with Crippen LogP contribution in [-0.2, 0) is 16.0 Å². The molecule has 0 aromatic carbocycles. The molecule has 0 radical (unpaired) electrons. The standard InChI is InChI=1S/C17H25NO3/c1-2-13-7-9-16(21-13)15-6-3-11-18(15)17(19)10-8-14-5-4-12-20-14/h7,9,14-15H,2-6,8,10-12H2,1H3/t14-,15-/m1/s1. The molecule has 2 aliphatic rings. The third-order valence-corrected chi connectivity index (χ3v) is 4.64. The van der Waals surface area contributed by atoms with Crippen molar-refractivity contribution in [2.24, 2.45) is 0 Å². The van der Waals surface area contributed by atoms with E-state index >= 15 is 0 Å². The van der Waals surface area contributed by atoms with E-state index in [0.717, 1.165) is 63.2 Å². The van der Waals surface area contributed by atoms with Crippen molar-refractivity contribution >= 4 is 5.91 Å². The number of nitrogens with zero attached hydrogens (tertiary/aromatic N) is 1. The van der Waals surface area contributed by atoms with Gasteiger partial charge in [-0.25, -0.2) is 0 Å². The lowest BCUT2D eigenvalue weighted by atomic mass is 10.1. The Bertz CT molecular complexity index is 476. The fourth-order valence-electron chi connectivity index (χ4n) is 3.42. The Kier molecular flexibility index (Phi) is 4.63.